The van der Waals surface area contributed by atoms with Gasteiger partial charge in [0.05, 0.1) is 24.9 Å². The molecule has 2 aromatic rings. The first-order valence-corrected chi connectivity index (χ1v) is 12.3. The summed E-state index contributed by atoms with van der Waals surface area (Å²) >= 11 is 0. The van der Waals surface area contributed by atoms with Gasteiger partial charge in [0, 0.05) is 6.42 Å². The lowest BCUT2D eigenvalue weighted by atomic mass is 9.97. The molecule has 0 bridgehead atoms. The number of benzene rings is 2. The first kappa shape index (κ1) is 23.4. The van der Waals surface area contributed by atoms with Crippen molar-refractivity contribution in [2.24, 2.45) is 5.10 Å². The molecule has 2 atom stereocenters. The zero-order chi connectivity index (χ0) is 24.4. The number of fused-ring (bicyclic) bond motifs is 1. The van der Waals surface area contributed by atoms with Crippen LogP contribution >= 0.6 is 0 Å². The molecular formula is C27H31N3O5. The summed E-state index contributed by atoms with van der Waals surface area (Å²) in [7, 11) is 0. The molecule has 0 aliphatic carbocycles. The molecule has 184 valence electrons. The maximum Gasteiger partial charge on any atom is 0.323 e. The third-order valence-corrected chi connectivity index (χ3v) is 6.84. The van der Waals surface area contributed by atoms with Crippen LogP contribution in [0.15, 0.2) is 47.6 Å². The van der Waals surface area contributed by atoms with Gasteiger partial charge in [0.1, 0.15) is 6.04 Å². The Balaban J connectivity index is 1.42. The summed E-state index contributed by atoms with van der Waals surface area (Å²) in [5.74, 6) is 0.996. The van der Waals surface area contributed by atoms with Crippen molar-refractivity contribution < 1.29 is 23.8 Å². The molecule has 35 heavy (non-hydrogen) atoms. The predicted octanol–water partition coefficient (Wildman–Crippen LogP) is 3.82. The molecule has 0 spiro atoms. The monoisotopic (exact) mass is 477 g/mol. The number of likely N-dealkylation sites (tertiary alicyclic amines) is 1. The highest BCUT2D eigenvalue weighted by atomic mass is 16.7. The molecule has 5 rings (SSSR count). The van der Waals surface area contributed by atoms with E-state index in [4.69, 9.17) is 19.3 Å². The molecule has 2 aromatic carbocycles. The quantitative estimate of drug-likeness (QED) is 0.589. The van der Waals surface area contributed by atoms with Crippen LogP contribution in [0.25, 0.3) is 0 Å². The lowest BCUT2D eigenvalue weighted by Crippen LogP contribution is -2.49. The van der Waals surface area contributed by atoms with Crippen LogP contribution in [-0.2, 0) is 14.3 Å². The second kappa shape index (κ2) is 10.1. The number of hydrogen-bond acceptors (Lipinski definition) is 7. The molecule has 3 heterocycles. The second-order valence-electron chi connectivity index (χ2n) is 9.22. The van der Waals surface area contributed by atoms with Gasteiger partial charge in [-0.3, -0.25) is 14.5 Å². The van der Waals surface area contributed by atoms with Gasteiger partial charge in [-0.1, -0.05) is 42.3 Å². The van der Waals surface area contributed by atoms with Crippen LogP contribution in [0, 0.1) is 6.92 Å². The summed E-state index contributed by atoms with van der Waals surface area (Å²) in [4.78, 5) is 28.1. The van der Waals surface area contributed by atoms with Gasteiger partial charge in [0.25, 0.3) is 5.91 Å². The van der Waals surface area contributed by atoms with E-state index in [2.05, 4.69) is 12.1 Å². The van der Waals surface area contributed by atoms with E-state index in [1.54, 1.807) is 11.9 Å². The molecule has 8 nitrogen and oxygen atoms in total. The standard InChI is InChI=1S/C27H31N3O5/c1-3-33-27(32)22-6-4-5-13-29(22)16-26(31)30-23(20-11-12-24-25(14-20)35-17-34-24)15-21(28-30)19-9-7-18(2)8-10-19/h7-12,14,22-23H,3-6,13,15-17H2,1-2H3. The Kier molecular flexibility index (Phi) is 6.72. The molecule has 1 saturated heterocycles. The lowest BCUT2D eigenvalue weighted by Gasteiger charge is -2.34. The largest absolute Gasteiger partial charge is 0.465 e. The number of carbonyl (C=O) groups excluding carboxylic acids is 2. The normalized spacial score (nSPS) is 21.7. The SMILES string of the molecule is CCOC(=O)C1CCCCN1CC(=O)N1N=C(c2ccc(C)cc2)CC1c1ccc2c(c1)OCO2. The number of hydrogen-bond donors (Lipinski definition) is 0. The number of ether oxygens (including phenoxy) is 3. The fourth-order valence-corrected chi connectivity index (χ4v) is 4.97. The van der Waals surface area contributed by atoms with E-state index >= 15 is 0 Å². The minimum Gasteiger partial charge on any atom is -0.465 e. The van der Waals surface area contributed by atoms with Gasteiger partial charge in [-0.25, -0.2) is 5.01 Å². The van der Waals surface area contributed by atoms with Gasteiger partial charge >= 0.3 is 5.97 Å². The van der Waals surface area contributed by atoms with E-state index in [-0.39, 0.29) is 37.3 Å². The van der Waals surface area contributed by atoms with Gasteiger partial charge in [-0.2, -0.15) is 5.10 Å². The van der Waals surface area contributed by atoms with Crippen LogP contribution in [0.4, 0.5) is 0 Å². The van der Waals surface area contributed by atoms with Gasteiger partial charge < -0.3 is 14.2 Å². The highest BCUT2D eigenvalue weighted by Gasteiger charge is 2.37. The average molecular weight is 478 g/mol. The third-order valence-electron chi connectivity index (χ3n) is 6.84. The van der Waals surface area contributed by atoms with E-state index in [0.29, 0.717) is 37.5 Å². The summed E-state index contributed by atoms with van der Waals surface area (Å²) in [5.41, 5.74) is 3.97. The first-order valence-electron chi connectivity index (χ1n) is 12.3. The fraction of sp³-hybridized carbons (Fsp3) is 0.444. The Hall–Kier alpha value is -3.39. The van der Waals surface area contributed by atoms with Crippen LogP contribution in [0.3, 0.4) is 0 Å². The maximum atomic E-state index is 13.7. The van der Waals surface area contributed by atoms with Gasteiger partial charge in [-0.15, -0.1) is 0 Å². The van der Waals surface area contributed by atoms with E-state index in [1.165, 1.54) is 5.56 Å². The Labute approximate surface area is 205 Å². The van der Waals surface area contributed by atoms with Gasteiger partial charge in [0.2, 0.25) is 6.79 Å². The smallest absolute Gasteiger partial charge is 0.323 e. The van der Waals surface area contributed by atoms with Gasteiger partial charge in [-0.05, 0) is 56.5 Å². The van der Waals surface area contributed by atoms with Crippen molar-refractivity contribution in [3.8, 4) is 11.5 Å². The van der Waals surface area contributed by atoms with Crippen molar-refractivity contribution in [1.29, 1.82) is 0 Å². The number of nitrogens with zero attached hydrogens (tertiary/aromatic N) is 3. The number of rotatable bonds is 6. The zero-order valence-electron chi connectivity index (χ0n) is 20.2. The number of esters is 1. The maximum absolute atomic E-state index is 13.7. The molecule has 2 unspecified atom stereocenters. The summed E-state index contributed by atoms with van der Waals surface area (Å²) in [5, 5.41) is 6.38. The van der Waals surface area contributed by atoms with Crippen molar-refractivity contribution >= 4 is 17.6 Å². The molecule has 0 aromatic heterocycles. The summed E-state index contributed by atoms with van der Waals surface area (Å²) in [6, 6.07) is 13.3. The van der Waals surface area contributed by atoms with Crippen LogP contribution in [0.5, 0.6) is 11.5 Å². The molecule has 1 fully saturated rings. The molecular weight excluding hydrogens is 446 g/mol. The average Bonchev–Trinajstić information content (AvgIpc) is 3.52. The number of hydrazone groups is 1. The molecule has 8 heteroatoms. The number of aryl methyl sites for hydroxylation is 1. The Morgan fingerprint density at radius 3 is 2.69 bits per heavy atom. The number of piperidine rings is 1. The summed E-state index contributed by atoms with van der Waals surface area (Å²) < 4.78 is 16.3. The Morgan fingerprint density at radius 2 is 1.89 bits per heavy atom. The number of amides is 1. The highest BCUT2D eigenvalue weighted by molar-refractivity contribution is 6.03. The Morgan fingerprint density at radius 1 is 1.09 bits per heavy atom. The van der Waals surface area contributed by atoms with E-state index < -0.39 is 0 Å². The molecule has 3 aliphatic heterocycles. The third kappa shape index (κ3) is 4.89. The lowest BCUT2D eigenvalue weighted by molar-refractivity contribution is -0.152. The molecule has 3 aliphatic rings. The van der Waals surface area contributed by atoms with Crippen molar-refractivity contribution in [2.45, 2.75) is 51.6 Å². The predicted molar refractivity (Wildman–Crippen MR) is 130 cm³/mol. The molecule has 1 amide bonds. The van der Waals surface area contributed by atoms with Crippen molar-refractivity contribution in [1.82, 2.24) is 9.91 Å². The number of carbonyl (C=O) groups is 2. The molecule has 0 radical (unpaired) electrons. The van der Waals surface area contributed by atoms with Crippen LogP contribution in [0.2, 0.25) is 0 Å². The first-order chi connectivity index (χ1) is 17.0. The van der Waals surface area contributed by atoms with Crippen molar-refractivity contribution in [3.63, 3.8) is 0 Å². The van der Waals surface area contributed by atoms with Crippen LogP contribution < -0.4 is 9.47 Å². The highest BCUT2D eigenvalue weighted by Crippen LogP contribution is 2.39. The molecule has 0 saturated carbocycles. The van der Waals surface area contributed by atoms with E-state index in [9.17, 15) is 9.59 Å². The summed E-state index contributed by atoms with van der Waals surface area (Å²) in [6.45, 7) is 5.18. The minimum atomic E-state index is -0.389. The van der Waals surface area contributed by atoms with E-state index in [0.717, 1.165) is 29.7 Å². The van der Waals surface area contributed by atoms with Crippen LogP contribution in [0.1, 0.15) is 55.3 Å². The van der Waals surface area contributed by atoms with Crippen LogP contribution in [-0.4, -0.2) is 60.0 Å². The summed E-state index contributed by atoms with van der Waals surface area (Å²) in [6.07, 6.45) is 3.20. The zero-order valence-corrected chi connectivity index (χ0v) is 20.2. The minimum absolute atomic E-state index is 0.120. The van der Waals surface area contributed by atoms with Gasteiger partial charge in [0.15, 0.2) is 11.5 Å². The van der Waals surface area contributed by atoms with Crippen molar-refractivity contribution in [2.75, 3.05) is 26.5 Å². The topological polar surface area (TPSA) is 80.7 Å². The van der Waals surface area contributed by atoms with E-state index in [1.807, 2.05) is 42.2 Å². The second-order valence-corrected chi connectivity index (χ2v) is 9.22. The fourth-order valence-electron chi connectivity index (χ4n) is 4.97. The Bertz CT molecular complexity index is 1130. The van der Waals surface area contributed by atoms with Crippen molar-refractivity contribution in [3.05, 3.63) is 59.2 Å². The molecule has 0 N–H and O–H groups in total.